The highest BCUT2D eigenvalue weighted by Crippen LogP contribution is 2.38. The number of ether oxygens (including phenoxy) is 1. The zero-order chi connectivity index (χ0) is 22.5. The minimum Gasteiger partial charge on any atom is -0.490 e. The molecular formula is C26H38O5. The zero-order valence-corrected chi connectivity index (χ0v) is 18.7. The van der Waals surface area contributed by atoms with Crippen LogP contribution >= 0.6 is 0 Å². The maximum absolute atomic E-state index is 10.8. The lowest BCUT2D eigenvalue weighted by molar-refractivity contribution is -0.205. The van der Waals surface area contributed by atoms with E-state index in [4.69, 9.17) is 9.84 Å². The summed E-state index contributed by atoms with van der Waals surface area (Å²) in [6.45, 7) is 2.22. The van der Waals surface area contributed by atoms with Gasteiger partial charge in [0.05, 0.1) is 0 Å². The Labute approximate surface area is 186 Å². The van der Waals surface area contributed by atoms with Crippen molar-refractivity contribution in [2.24, 2.45) is 11.8 Å². The molecule has 5 heteroatoms. The summed E-state index contributed by atoms with van der Waals surface area (Å²) in [5, 5.41) is 27.6. The number of allylic oxidation sites excluding steroid dienone is 4. The first-order chi connectivity index (χ1) is 14.9. The smallest absolute Gasteiger partial charge is 0.364 e. The first kappa shape index (κ1) is 25.2. The zero-order valence-electron chi connectivity index (χ0n) is 18.7. The lowest BCUT2D eigenvalue weighted by Crippen LogP contribution is -2.37. The number of carbonyl (C=O) groups is 1. The van der Waals surface area contributed by atoms with Crippen LogP contribution < -0.4 is 4.74 Å². The van der Waals surface area contributed by atoms with Gasteiger partial charge in [0.1, 0.15) is 11.9 Å². The van der Waals surface area contributed by atoms with Crippen LogP contribution in [0, 0.1) is 11.8 Å². The summed E-state index contributed by atoms with van der Waals surface area (Å²) in [5.74, 6) is -2.59. The fourth-order valence-corrected chi connectivity index (χ4v) is 4.17. The average Bonchev–Trinajstić information content (AvgIpc) is 3.12. The standard InChI is InChI=1S/C26H38O5/c1-2-3-4-5-6-9-14-21-18-19-24(31-22-15-10-7-11-16-22)23(21)17-12-8-13-20-26(29,30)25(27)28/h7-12,14-16,21,23-24,29-30H,2-6,13,17-20H2,1H3,(H,27,28)/t21-,23+,24+/m0/s1. The molecule has 0 saturated heterocycles. The molecule has 0 heterocycles. The van der Waals surface area contributed by atoms with Gasteiger partial charge in [-0.3, -0.25) is 0 Å². The average molecular weight is 431 g/mol. The minimum atomic E-state index is -2.67. The van der Waals surface area contributed by atoms with E-state index in [0.29, 0.717) is 18.3 Å². The molecule has 2 rings (SSSR count). The number of unbranched alkanes of at least 4 members (excludes halogenated alkanes) is 4. The quantitative estimate of drug-likeness (QED) is 0.207. The predicted octanol–water partition coefficient (Wildman–Crippen LogP) is 5.48. The number of para-hydroxylation sites is 1. The Kier molecular flexibility index (Phi) is 10.8. The SMILES string of the molecule is CCCCCCC=C[C@H]1CC[C@@H](Oc2ccccc2)[C@@H]1CC=CCCC(O)(O)C(=O)O. The molecule has 0 aromatic heterocycles. The second-order valence-corrected chi connectivity index (χ2v) is 8.52. The van der Waals surface area contributed by atoms with Gasteiger partial charge in [-0.05, 0) is 56.6 Å². The molecular weight excluding hydrogens is 392 g/mol. The Balaban J connectivity index is 1.93. The fraction of sp³-hybridized carbons (Fsp3) is 0.577. The van der Waals surface area contributed by atoms with Crippen molar-refractivity contribution in [2.75, 3.05) is 0 Å². The monoisotopic (exact) mass is 430 g/mol. The Hall–Kier alpha value is -2.11. The van der Waals surface area contributed by atoms with Gasteiger partial charge < -0.3 is 20.1 Å². The van der Waals surface area contributed by atoms with Crippen LogP contribution in [0.1, 0.15) is 71.1 Å². The van der Waals surface area contributed by atoms with Crippen LogP contribution in [0.3, 0.4) is 0 Å². The number of rotatable bonds is 14. The van der Waals surface area contributed by atoms with Gasteiger partial charge in [0, 0.05) is 12.3 Å². The second kappa shape index (κ2) is 13.3. The van der Waals surface area contributed by atoms with Crippen molar-refractivity contribution in [3.8, 4) is 5.75 Å². The number of aliphatic hydroxyl groups is 2. The predicted molar refractivity (Wildman–Crippen MR) is 123 cm³/mol. The van der Waals surface area contributed by atoms with Crippen LogP contribution in [-0.4, -0.2) is 33.2 Å². The third-order valence-electron chi connectivity index (χ3n) is 6.03. The molecule has 1 fully saturated rings. The minimum absolute atomic E-state index is 0.135. The number of aliphatic carboxylic acids is 1. The van der Waals surface area contributed by atoms with Crippen LogP contribution in [0.4, 0.5) is 0 Å². The van der Waals surface area contributed by atoms with E-state index in [9.17, 15) is 15.0 Å². The van der Waals surface area contributed by atoms with Crippen molar-refractivity contribution in [2.45, 2.75) is 83.0 Å². The van der Waals surface area contributed by atoms with E-state index in [1.54, 1.807) is 0 Å². The molecule has 1 aliphatic carbocycles. The Morgan fingerprint density at radius 3 is 2.55 bits per heavy atom. The van der Waals surface area contributed by atoms with Gasteiger partial charge in [0.25, 0.3) is 5.79 Å². The molecule has 0 amide bonds. The third-order valence-corrected chi connectivity index (χ3v) is 6.03. The molecule has 0 spiro atoms. The van der Waals surface area contributed by atoms with Gasteiger partial charge in [0.15, 0.2) is 0 Å². The summed E-state index contributed by atoms with van der Waals surface area (Å²) < 4.78 is 6.29. The number of hydrogen-bond acceptors (Lipinski definition) is 4. The Bertz CT molecular complexity index is 695. The van der Waals surface area contributed by atoms with Crippen molar-refractivity contribution in [3.05, 3.63) is 54.6 Å². The summed E-state index contributed by atoms with van der Waals surface area (Å²) in [7, 11) is 0. The number of hydrogen-bond donors (Lipinski definition) is 3. The molecule has 3 atom stereocenters. The Morgan fingerprint density at radius 2 is 1.84 bits per heavy atom. The number of benzene rings is 1. The van der Waals surface area contributed by atoms with Crippen molar-refractivity contribution >= 4 is 5.97 Å². The van der Waals surface area contributed by atoms with Crippen molar-refractivity contribution in [1.82, 2.24) is 0 Å². The lowest BCUT2D eigenvalue weighted by Gasteiger charge is -2.23. The largest absolute Gasteiger partial charge is 0.490 e. The number of carboxylic acid groups (broad SMARTS) is 1. The molecule has 5 nitrogen and oxygen atoms in total. The van der Waals surface area contributed by atoms with E-state index < -0.39 is 11.8 Å². The molecule has 31 heavy (non-hydrogen) atoms. The van der Waals surface area contributed by atoms with Crippen LogP contribution in [0.5, 0.6) is 5.75 Å². The van der Waals surface area contributed by atoms with Gasteiger partial charge in [0.2, 0.25) is 0 Å². The van der Waals surface area contributed by atoms with Crippen LogP contribution in [0.15, 0.2) is 54.6 Å². The normalized spacial score (nSPS) is 21.8. The van der Waals surface area contributed by atoms with E-state index in [2.05, 4.69) is 19.1 Å². The van der Waals surface area contributed by atoms with Crippen LogP contribution in [0.2, 0.25) is 0 Å². The van der Waals surface area contributed by atoms with Gasteiger partial charge >= 0.3 is 5.97 Å². The highest BCUT2D eigenvalue weighted by molar-refractivity contribution is 5.74. The summed E-state index contributed by atoms with van der Waals surface area (Å²) in [6, 6.07) is 9.90. The highest BCUT2D eigenvalue weighted by Gasteiger charge is 2.35. The maximum Gasteiger partial charge on any atom is 0.364 e. The van der Waals surface area contributed by atoms with E-state index in [1.807, 2.05) is 42.5 Å². The molecule has 1 saturated carbocycles. The topological polar surface area (TPSA) is 87.0 Å². The second-order valence-electron chi connectivity index (χ2n) is 8.52. The third kappa shape index (κ3) is 8.88. The molecule has 0 aliphatic heterocycles. The highest BCUT2D eigenvalue weighted by atomic mass is 16.5. The van der Waals surface area contributed by atoms with E-state index in [0.717, 1.165) is 31.4 Å². The van der Waals surface area contributed by atoms with E-state index >= 15 is 0 Å². The molecule has 1 aliphatic rings. The van der Waals surface area contributed by atoms with E-state index in [1.165, 1.54) is 25.7 Å². The fourth-order valence-electron chi connectivity index (χ4n) is 4.17. The maximum atomic E-state index is 10.8. The van der Waals surface area contributed by atoms with Gasteiger partial charge in [-0.1, -0.05) is 68.7 Å². The van der Waals surface area contributed by atoms with E-state index in [-0.39, 0.29) is 12.5 Å². The summed E-state index contributed by atoms with van der Waals surface area (Å²) in [4.78, 5) is 10.8. The first-order valence-electron chi connectivity index (χ1n) is 11.7. The van der Waals surface area contributed by atoms with Gasteiger partial charge in [-0.2, -0.15) is 0 Å². The van der Waals surface area contributed by atoms with Crippen LogP contribution in [0.25, 0.3) is 0 Å². The van der Waals surface area contributed by atoms with Crippen LogP contribution in [-0.2, 0) is 4.79 Å². The van der Waals surface area contributed by atoms with Crippen molar-refractivity contribution in [3.63, 3.8) is 0 Å². The van der Waals surface area contributed by atoms with Crippen molar-refractivity contribution in [1.29, 1.82) is 0 Å². The summed E-state index contributed by atoms with van der Waals surface area (Å²) >= 11 is 0. The molecule has 172 valence electrons. The molecule has 3 N–H and O–H groups in total. The molecule has 0 radical (unpaired) electrons. The van der Waals surface area contributed by atoms with Gasteiger partial charge in [-0.15, -0.1) is 0 Å². The lowest BCUT2D eigenvalue weighted by atomic mass is 9.90. The molecule has 0 unspecified atom stereocenters. The number of carboxylic acids is 1. The van der Waals surface area contributed by atoms with Crippen molar-refractivity contribution < 1.29 is 24.9 Å². The Morgan fingerprint density at radius 1 is 1.06 bits per heavy atom. The molecule has 1 aromatic rings. The van der Waals surface area contributed by atoms with Gasteiger partial charge in [-0.25, -0.2) is 4.79 Å². The molecule has 1 aromatic carbocycles. The summed E-state index contributed by atoms with van der Waals surface area (Å²) in [5.41, 5.74) is 0. The molecule has 0 bridgehead atoms. The summed E-state index contributed by atoms with van der Waals surface area (Å²) in [6.07, 6.45) is 17.9. The first-order valence-corrected chi connectivity index (χ1v) is 11.7.